The molecule has 5 nitrogen and oxygen atoms in total. The van der Waals surface area contributed by atoms with E-state index in [4.69, 9.17) is 15.6 Å². The van der Waals surface area contributed by atoms with Crippen molar-refractivity contribution in [3.63, 3.8) is 0 Å². The van der Waals surface area contributed by atoms with E-state index in [1.54, 1.807) is 16.8 Å². The summed E-state index contributed by atoms with van der Waals surface area (Å²) in [5.74, 6) is -2.76. The van der Waals surface area contributed by atoms with Gasteiger partial charge in [0.2, 0.25) is 0 Å². The molecule has 1 aromatic heterocycles. The van der Waals surface area contributed by atoms with E-state index in [9.17, 15) is 18.0 Å². The molecule has 0 spiro atoms. The monoisotopic (exact) mass is 252 g/mol. The molecule has 1 heterocycles. The molecule has 1 rings (SSSR count). The maximum absolute atomic E-state index is 10.9. The summed E-state index contributed by atoms with van der Waals surface area (Å²) in [7, 11) is 0. The number of aromatic nitrogens is 1. The molecule has 0 atom stereocenters. The van der Waals surface area contributed by atoms with Crippen molar-refractivity contribution >= 4 is 5.97 Å². The van der Waals surface area contributed by atoms with Gasteiger partial charge in [0.1, 0.15) is 0 Å². The SMILES string of the molecule is NCCn1ccccc1=O.O=C(O)C(F)(F)F. The molecule has 0 fully saturated rings. The zero-order chi connectivity index (χ0) is 13.5. The van der Waals surface area contributed by atoms with E-state index >= 15 is 0 Å². The summed E-state index contributed by atoms with van der Waals surface area (Å²) in [5.41, 5.74) is 5.28. The number of carboxylic acid groups (broad SMARTS) is 1. The lowest BCUT2D eigenvalue weighted by Gasteiger charge is -1.99. The van der Waals surface area contributed by atoms with Crippen molar-refractivity contribution in [2.24, 2.45) is 5.73 Å². The van der Waals surface area contributed by atoms with Crippen molar-refractivity contribution in [3.8, 4) is 0 Å². The van der Waals surface area contributed by atoms with Crippen molar-refractivity contribution in [2.45, 2.75) is 12.7 Å². The van der Waals surface area contributed by atoms with Gasteiger partial charge in [-0.1, -0.05) is 6.07 Å². The van der Waals surface area contributed by atoms with Crippen molar-refractivity contribution < 1.29 is 23.1 Å². The number of aliphatic carboxylic acids is 1. The van der Waals surface area contributed by atoms with Gasteiger partial charge in [-0.05, 0) is 6.07 Å². The lowest BCUT2D eigenvalue weighted by Crippen LogP contribution is -2.21. The molecule has 8 heteroatoms. The highest BCUT2D eigenvalue weighted by molar-refractivity contribution is 5.73. The van der Waals surface area contributed by atoms with Crippen LogP contribution in [0.1, 0.15) is 0 Å². The topological polar surface area (TPSA) is 85.3 Å². The minimum atomic E-state index is -5.08. The number of nitrogens with two attached hydrogens (primary N) is 1. The van der Waals surface area contributed by atoms with Crippen LogP contribution in [0, 0.1) is 0 Å². The number of pyridine rings is 1. The maximum atomic E-state index is 10.9. The minimum absolute atomic E-state index is 0.00736. The molecule has 0 aliphatic heterocycles. The number of carboxylic acids is 1. The second kappa shape index (κ2) is 6.69. The lowest BCUT2D eigenvalue weighted by atomic mass is 10.4. The largest absolute Gasteiger partial charge is 0.490 e. The number of nitrogens with zero attached hydrogens (tertiary/aromatic N) is 1. The quantitative estimate of drug-likeness (QED) is 0.799. The van der Waals surface area contributed by atoms with Crippen molar-refractivity contribution in [3.05, 3.63) is 34.7 Å². The van der Waals surface area contributed by atoms with Gasteiger partial charge in [0.25, 0.3) is 5.56 Å². The predicted molar refractivity (Wildman–Crippen MR) is 53.4 cm³/mol. The predicted octanol–water partition coefficient (Wildman–Crippen LogP) is 0.440. The molecule has 0 saturated heterocycles. The Balaban J connectivity index is 0.000000325. The molecular weight excluding hydrogens is 241 g/mol. The molecule has 0 amide bonds. The number of carbonyl (C=O) groups is 1. The van der Waals surface area contributed by atoms with Gasteiger partial charge in [-0.25, -0.2) is 4.79 Å². The normalized spacial score (nSPS) is 10.4. The summed E-state index contributed by atoms with van der Waals surface area (Å²) < 4.78 is 33.3. The molecular formula is C9H11F3N2O3. The third kappa shape index (κ3) is 6.36. The Bertz CT molecular complexity index is 414. The van der Waals surface area contributed by atoms with E-state index < -0.39 is 12.1 Å². The van der Waals surface area contributed by atoms with Gasteiger partial charge < -0.3 is 15.4 Å². The maximum Gasteiger partial charge on any atom is 0.490 e. The number of hydrogen-bond acceptors (Lipinski definition) is 3. The van der Waals surface area contributed by atoms with Crippen LogP contribution in [0.5, 0.6) is 0 Å². The second-order valence-electron chi connectivity index (χ2n) is 2.82. The molecule has 0 unspecified atom stereocenters. The van der Waals surface area contributed by atoms with E-state index in [1.807, 2.05) is 6.07 Å². The Labute approximate surface area is 94.3 Å². The third-order valence-corrected chi connectivity index (χ3v) is 1.51. The molecule has 96 valence electrons. The Morgan fingerprint density at radius 2 is 1.94 bits per heavy atom. The van der Waals surface area contributed by atoms with Gasteiger partial charge in [0.15, 0.2) is 0 Å². The first-order valence-corrected chi connectivity index (χ1v) is 4.44. The molecule has 0 aromatic carbocycles. The summed E-state index contributed by atoms with van der Waals surface area (Å²) in [4.78, 5) is 19.8. The first-order chi connectivity index (χ1) is 7.79. The summed E-state index contributed by atoms with van der Waals surface area (Å²) in [6, 6.07) is 5.06. The molecule has 0 radical (unpaired) electrons. The van der Waals surface area contributed by atoms with E-state index in [1.165, 1.54) is 6.07 Å². The van der Waals surface area contributed by atoms with E-state index in [-0.39, 0.29) is 5.56 Å². The smallest absolute Gasteiger partial charge is 0.475 e. The summed E-state index contributed by atoms with van der Waals surface area (Å²) in [5, 5.41) is 7.12. The van der Waals surface area contributed by atoms with Crippen LogP contribution in [0.25, 0.3) is 0 Å². The second-order valence-corrected chi connectivity index (χ2v) is 2.82. The molecule has 3 N–H and O–H groups in total. The van der Waals surface area contributed by atoms with Crippen LogP contribution in [0.4, 0.5) is 13.2 Å². The molecule has 0 saturated carbocycles. The van der Waals surface area contributed by atoms with Gasteiger partial charge in [-0.3, -0.25) is 4.79 Å². The highest BCUT2D eigenvalue weighted by Crippen LogP contribution is 2.13. The number of hydrogen-bond donors (Lipinski definition) is 2. The Morgan fingerprint density at radius 1 is 1.41 bits per heavy atom. The van der Waals surface area contributed by atoms with Crippen molar-refractivity contribution in [1.82, 2.24) is 4.57 Å². The van der Waals surface area contributed by atoms with Gasteiger partial charge in [-0.15, -0.1) is 0 Å². The molecule has 17 heavy (non-hydrogen) atoms. The number of rotatable bonds is 2. The Morgan fingerprint density at radius 3 is 2.29 bits per heavy atom. The van der Waals surface area contributed by atoms with Crippen LogP contribution in [0.2, 0.25) is 0 Å². The van der Waals surface area contributed by atoms with Crippen molar-refractivity contribution in [1.29, 1.82) is 0 Å². The van der Waals surface area contributed by atoms with E-state index in [2.05, 4.69) is 0 Å². The Hall–Kier alpha value is -1.83. The standard InChI is InChI=1S/C7H10N2O.C2HF3O2/c8-4-6-9-5-2-1-3-7(9)10;3-2(4,5)1(6)7/h1-3,5H,4,6,8H2;(H,6,7). The zero-order valence-corrected chi connectivity index (χ0v) is 8.65. The third-order valence-electron chi connectivity index (χ3n) is 1.51. The minimum Gasteiger partial charge on any atom is -0.475 e. The molecule has 0 aliphatic rings. The highest BCUT2D eigenvalue weighted by Gasteiger charge is 2.38. The summed E-state index contributed by atoms with van der Waals surface area (Å²) in [6.07, 6.45) is -3.35. The van der Waals surface area contributed by atoms with Gasteiger partial charge in [-0.2, -0.15) is 13.2 Å². The fraction of sp³-hybridized carbons (Fsp3) is 0.333. The van der Waals surface area contributed by atoms with Crippen LogP contribution in [0.3, 0.4) is 0 Å². The first-order valence-electron chi connectivity index (χ1n) is 4.44. The molecule has 0 bridgehead atoms. The lowest BCUT2D eigenvalue weighted by molar-refractivity contribution is -0.192. The zero-order valence-electron chi connectivity index (χ0n) is 8.65. The first kappa shape index (κ1) is 15.2. The van der Waals surface area contributed by atoms with Gasteiger partial charge in [0.05, 0.1) is 0 Å². The highest BCUT2D eigenvalue weighted by atomic mass is 19.4. The van der Waals surface area contributed by atoms with Crippen LogP contribution in [-0.4, -0.2) is 28.4 Å². The number of halogens is 3. The average Bonchev–Trinajstić information content (AvgIpc) is 2.21. The fourth-order valence-electron chi connectivity index (χ4n) is 0.784. The molecule has 1 aromatic rings. The number of alkyl halides is 3. The summed E-state index contributed by atoms with van der Waals surface area (Å²) >= 11 is 0. The fourth-order valence-corrected chi connectivity index (χ4v) is 0.784. The molecule has 0 aliphatic carbocycles. The average molecular weight is 252 g/mol. The van der Waals surface area contributed by atoms with E-state index in [0.717, 1.165) is 0 Å². The van der Waals surface area contributed by atoms with Crippen LogP contribution < -0.4 is 11.3 Å². The van der Waals surface area contributed by atoms with E-state index in [0.29, 0.717) is 13.1 Å². The van der Waals surface area contributed by atoms with Gasteiger partial charge in [0, 0.05) is 25.4 Å². The van der Waals surface area contributed by atoms with Crippen LogP contribution in [-0.2, 0) is 11.3 Å². The van der Waals surface area contributed by atoms with Crippen molar-refractivity contribution in [2.75, 3.05) is 6.54 Å². The van der Waals surface area contributed by atoms with Crippen LogP contribution in [0.15, 0.2) is 29.2 Å². The Kier molecular flexibility index (Phi) is 5.97. The van der Waals surface area contributed by atoms with Crippen LogP contribution >= 0.6 is 0 Å². The van der Waals surface area contributed by atoms with Gasteiger partial charge >= 0.3 is 12.1 Å². The summed E-state index contributed by atoms with van der Waals surface area (Å²) in [6.45, 7) is 1.10.